The van der Waals surface area contributed by atoms with Crippen LogP contribution in [0.3, 0.4) is 0 Å². The van der Waals surface area contributed by atoms with Crippen LogP contribution in [-0.4, -0.2) is 46.7 Å². The molecule has 6 rings (SSSR count). The molecule has 3 heterocycles. The summed E-state index contributed by atoms with van der Waals surface area (Å²) in [4.78, 5) is 28.2. The van der Waals surface area contributed by atoms with Crippen LogP contribution in [0.2, 0.25) is 0 Å². The summed E-state index contributed by atoms with van der Waals surface area (Å²) >= 11 is 0. The van der Waals surface area contributed by atoms with Gasteiger partial charge in [-0.1, -0.05) is 42.5 Å². The van der Waals surface area contributed by atoms with Gasteiger partial charge in [0.1, 0.15) is 5.75 Å². The summed E-state index contributed by atoms with van der Waals surface area (Å²) in [6.07, 6.45) is 4.08. The number of hydrogen-bond acceptors (Lipinski definition) is 6. The van der Waals surface area contributed by atoms with Gasteiger partial charge < -0.3 is 15.4 Å². The lowest BCUT2D eigenvalue weighted by molar-refractivity contribution is 0.0796. The molecular formula is C31H29N5O2. The van der Waals surface area contributed by atoms with E-state index in [4.69, 9.17) is 15.5 Å². The molecule has 0 bridgehead atoms. The molecule has 7 heteroatoms. The third-order valence-corrected chi connectivity index (χ3v) is 7.30. The lowest BCUT2D eigenvalue weighted by Crippen LogP contribution is -2.30. The van der Waals surface area contributed by atoms with E-state index in [0.29, 0.717) is 18.7 Å². The van der Waals surface area contributed by atoms with E-state index < -0.39 is 0 Å². The summed E-state index contributed by atoms with van der Waals surface area (Å²) < 4.78 is 6.12. The maximum atomic E-state index is 13.2. The minimum Gasteiger partial charge on any atom is -0.493 e. The molecule has 38 heavy (non-hydrogen) atoms. The molecule has 2 N–H and O–H groups in total. The van der Waals surface area contributed by atoms with Crippen molar-refractivity contribution in [2.75, 3.05) is 25.9 Å². The van der Waals surface area contributed by atoms with E-state index >= 15 is 0 Å². The fourth-order valence-corrected chi connectivity index (χ4v) is 5.14. The second-order valence-electron chi connectivity index (χ2n) is 9.92. The SMILES string of the molecule is CN(CCc1ccccc1)C(=O)c1ccc2c(c1)CC(C1=Nc3cc(-c4ccnc(N)n4)ccc3C1)CO2. The molecule has 4 aromatic rings. The van der Waals surface area contributed by atoms with Gasteiger partial charge in [-0.05, 0) is 59.9 Å². The Balaban J connectivity index is 1.15. The molecule has 1 aromatic heterocycles. The maximum absolute atomic E-state index is 13.2. The number of amides is 1. The van der Waals surface area contributed by atoms with Crippen LogP contribution in [0.15, 0.2) is 84.0 Å². The number of aromatic nitrogens is 2. The summed E-state index contributed by atoms with van der Waals surface area (Å²) in [6.45, 7) is 1.25. The highest BCUT2D eigenvalue weighted by atomic mass is 16.5. The highest BCUT2D eigenvalue weighted by molar-refractivity contribution is 5.97. The number of nitrogen functional groups attached to an aromatic ring is 1. The maximum Gasteiger partial charge on any atom is 0.253 e. The van der Waals surface area contributed by atoms with Crippen molar-refractivity contribution in [2.45, 2.75) is 19.3 Å². The van der Waals surface area contributed by atoms with Crippen LogP contribution in [0.25, 0.3) is 11.3 Å². The molecule has 0 radical (unpaired) electrons. The topological polar surface area (TPSA) is 93.7 Å². The predicted molar refractivity (Wildman–Crippen MR) is 149 cm³/mol. The number of ether oxygens (including phenoxy) is 1. The van der Waals surface area contributed by atoms with Crippen molar-refractivity contribution in [3.05, 3.63) is 101 Å². The van der Waals surface area contributed by atoms with Crippen molar-refractivity contribution in [3.8, 4) is 17.0 Å². The average molecular weight is 504 g/mol. The number of aliphatic imine (C=N–C) groups is 1. The molecule has 2 aliphatic heterocycles. The fraction of sp³-hybridized carbons (Fsp3) is 0.226. The van der Waals surface area contributed by atoms with Crippen LogP contribution >= 0.6 is 0 Å². The van der Waals surface area contributed by atoms with Crippen molar-refractivity contribution in [3.63, 3.8) is 0 Å². The molecule has 0 aliphatic carbocycles. The van der Waals surface area contributed by atoms with Crippen molar-refractivity contribution in [1.29, 1.82) is 0 Å². The predicted octanol–water partition coefficient (Wildman–Crippen LogP) is 4.92. The van der Waals surface area contributed by atoms with E-state index in [-0.39, 0.29) is 17.8 Å². The second kappa shape index (κ2) is 10.1. The number of nitrogens with two attached hydrogens (primary N) is 1. The third-order valence-electron chi connectivity index (χ3n) is 7.30. The Labute approximate surface area is 222 Å². The number of carbonyl (C=O) groups excluding carboxylic acids is 1. The first kappa shape index (κ1) is 23.9. The first-order chi connectivity index (χ1) is 18.5. The summed E-state index contributed by atoms with van der Waals surface area (Å²) in [7, 11) is 1.86. The second-order valence-corrected chi connectivity index (χ2v) is 9.92. The minimum atomic E-state index is 0.0226. The first-order valence-electron chi connectivity index (χ1n) is 12.9. The molecular weight excluding hydrogens is 474 g/mol. The highest BCUT2D eigenvalue weighted by Gasteiger charge is 2.29. The number of likely N-dealkylation sites (N-methyl/N-ethyl adjacent to an activating group) is 1. The van der Waals surface area contributed by atoms with Crippen LogP contribution in [0.4, 0.5) is 11.6 Å². The zero-order valence-corrected chi connectivity index (χ0v) is 21.3. The molecule has 1 atom stereocenters. The molecule has 0 spiro atoms. The molecule has 0 saturated heterocycles. The summed E-state index contributed by atoms with van der Waals surface area (Å²) in [5.74, 6) is 1.29. The van der Waals surface area contributed by atoms with Crippen molar-refractivity contribution < 1.29 is 9.53 Å². The normalized spacial score (nSPS) is 15.7. The van der Waals surface area contributed by atoms with Gasteiger partial charge in [0.05, 0.1) is 18.0 Å². The molecule has 190 valence electrons. The van der Waals surface area contributed by atoms with Crippen LogP contribution in [-0.2, 0) is 19.3 Å². The molecule has 7 nitrogen and oxygen atoms in total. The van der Waals surface area contributed by atoms with E-state index in [1.807, 2.05) is 49.5 Å². The summed E-state index contributed by atoms with van der Waals surface area (Å²) in [6, 6.07) is 24.1. The third kappa shape index (κ3) is 4.87. The Morgan fingerprint density at radius 2 is 1.92 bits per heavy atom. The lowest BCUT2D eigenvalue weighted by atomic mass is 9.89. The smallest absolute Gasteiger partial charge is 0.253 e. The van der Waals surface area contributed by atoms with E-state index in [1.54, 1.807) is 11.1 Å². The van der Waals surface area contributed by atoms with E-state index in [0.717, 1.165) is 53.2 Å². The van der Waals surface area contributed by atoms with Crippen molar-refractivity contribution >= 4 is 23.3 Å². The van der Waals surface area contributed by atoms with Gasteiger partial charge in [0.15, 0.2) is 0 Å². The van der Waals surface area contributed by atoms with E-state index in [9.17, 15) is 4.79 Å². The highest BCUT2D eigenvalue weighted by Crippen LogP contribution is 2.36. The monoisotopic (exact) mass is 503 g/mol. The standard InChI is InChI=1S/C31H29N5O2/c1-36(14-12-20-5-3-2-4-6-20)30(37)23-9-10-29-24(15-23)16-25(19-38-29)28-18-22-8-7-21(17-27(22)34-28)26-11-13-33-31(32)35-26/h2-11,13,15,17,25H,12,14,16,18-19H2,1H3,(H2,32,33,35). The van der Waals surface area contributed by atoms with Gasteiger partial charge in [0.2, 0.25) is 5.95 Å². The van der Waals surface area contributed by atoms with Gasteiger partial charge in [-0.2, -0.15) is 0 Å². The Hall–Kier alpha value is -4.52. The number of rotatable bonds is 6. The van der Waals surface area contributed by atoms with Gasteiger partial charge in [-0.25, -0.2) is 9.97 Å². The number of fused-ring (bicyclic) bond motifs is 2. The number of benzene rings is 3. The van der Waals surface area contributed by atoms with Gasteiger partial charge in [0.25, 0.3) is 5.91 Å². The number of anilines is 1. The summed E-state index contributed by atoms with van der Waals surface area (Å²) in [5, 5.41) is 0. The molecule has 1 amide bonds. The largest absolute Gasteiger partial charge is 0.493 e. The van der Waals surface area contributed by atoms with Gasteiger partial charge in [0, 0.05) is 49.0 Å². The molecule has 0 fully saturated rings. The zero-order valence-electron chi connectivity index (χ0n) is 21.3. The zero-order chi connectivity index (χ0) is 26.1. The lowest BCUT2D eigenvalue weighted by Gasteiger charge is -2.26. The van der Waals surface area contributed by atoms with Crippen molar-refractivity contribution in [2.24, 2.45) is 10.9 Å². The molecule has 2 aliphatic rings. The Morgan fingerprint density at radius 1 is 1.05 bits per heavy atom. The van der Waals surface area contributed by atoms with E-state index in [2.05, 4.69) is 40.3 Å². The number of carbonyl (C=O) groups is 1. The van der Waals surface area contributed by atoms with Gasteiger partial charge in [-0.3, -0.25) is 9.79 Å². The van der Waals surface area contributed by atoms with Crippen LogP contribution in [0, 0.1) is 5.92 Å². The molecule has 3 aromatic carbocycles. The molecule has 1 unspecified atom stereocenters. The first-order valence-corrected chi connectivity index (χ1v) is 12.9. The minimum absolute atomic E-state index is 0.0226. The quantitative estimate of drug-likeness (QED) is 0.403. The van der Waals surface area contributed by atoms with Crippen LogP contribution in [0.5, 0.6) is 5.75 Å². The van der Waals surface area contributed by atoms with Crippen molar-refractivity contribution in [1.82, 2.24) is 14.9 Å². The Kier molecular flexibility index (Phi) is 6.33. The van der Waals surface area contributed by atoms with Gasteiger partial charge in [-0.15, -0.1) is 0 Å². The fourth-order valence-electron chi connectivity index (χ4n) is 5.14. The summed E-state index contributed by atoms with van der Waals surface area (Å²) in [5.41, 5.74) is 13.7. The van der Waals surface area contributed by atoms with E-state index in [1.165, 1.54) is 11.1 Å². The average Bonchev–Trinajstić information content (AvgIpc) is 3.39. The molecule has 0 saturated carbocycles. The Morgan fingerprint density at radius 3 is 2.76 bits per heavy atom. The number of nitrogens with zero attached hydrogens (tertiary/aromatic N) is 4. The van der Waals surface area contributed by atoms with Gasteiger partial charge >= 0.3 is 0 Å². The van der Waals surface area contributed by atoms with Crippen LogP contribution in [0.1, 0.15) is 27.0 Å². The van der Waals surface area contributed by atoms with Crippen LogP contribution < -0.4 is 10.5 Å². The Bertz CT molecular complexity index is 1530. The number of hydrogen-bond donors (Lipinski definition) is 1.